The Balaban J connectivity index is 1.35. The molecule has 0 bridgehead atoms. The number of halogens is 3. The minimum Gasteiger partial charge on any atom is -0.378 e. The highest BCUT2D eigenvalue weighted by Gasteiger charge is 2.43. The summed E-state index contributed by atoms with van der Waals surface area (Å²) in [6.45, 7) is 3.84. The van der Waals surface area contributed by atoms with Crippen LogP contribution in [0.25, 0.3) is 0 Å². The van der Waals surface area contributed by atoms with Gasteiger partial charge in [0.1, 0.15) is 18.5 Å². The van der Waals surface area contributed by atoms with Gasteiger partial charge in [-0.2, -0.15) is 5.10 Å². The van der Waals surface area contributed by atoms with Crippen molar-refractivity contribution in [2.24, 2.45) is 10.4 Å². The van der Waals surface area contributed by atoms with Gasteiger partial charge in [-0.25, -0.2) is 18.2 Å². The summed E-state index contributed by atoms with van der Waals surface area (Å²) in [6, 6.07) is 3.80. The molecular weight excluding hydrogens is 419 g/mol. The number of H-pyrrole nitrogens is 1. The molecule has 1 spiro atoms. The molecule has 9 heteroatoms. The molecule has 0 radical (unpaired) electrons. The van der Waals surface area contributed by atoms with Gasteiger partial charge in [-0.3, -0.25) is 10.00 Å². The summed E-state index contributed by atoms with van der Waals surface area (Å²) in [6.07, 6.45) is 3.00. The molecule has 4 heterocycles. The van der Waals surface area contributed by atoms with Crippen molar-refractivity contribution in [3.05, 3.63) is 41.1 Å². The van der Waals surface area contributed by atoms with Crippen LogP contribution >= 0.6 is 0 Å². The number of ether oxygens (including phenoxy) is 1. The Hall–Kier alpha value is -2.83. The quantitative estimate of drug-likeness (QED) is 0.694. The molecule has 0 saturated carbocycles. The fourth-order valence-corrected chi connectivity index (χ4v) is 4.84. The number of hydrogen-bond donors (Lipinski definition) is 2. The third kappa shape index (κ3) is 3.78. The SMILES string of the molecule is C[C@H]1CC2(CCN(C3Nc4[nH]nc(C#Cc5cccc(F)c5F)c4N=C3CF)CC2)CO1. The van der Waals surface area contributed by atoms with Crippen molar-refractivity contribution in [2.45, 2.75) is 38.5 Å². The summed E-state index contributed by atoms with van der Waals surface area (Å²) in [4.78, 5) is 6.68. The normalized spacial score (nSPS) is 24.4. The second-order valence-corrected chi connectivity index (χ2v) is 8.79. The molecule has 2 aromatic rings. The second-order valence-electron chi connectivity index (χ2n) is 8.79. The Labute approximate surface area is 184 Å². The van der Waals surface area contributed by atoms with Crippen LogP contribution < -0.4 is 5.32 Å². The maximum absolute atomic E-state index is 13.9. The van der Waals surface area contributed by atoms with Crippen molar-refractivity contribution in [1.82, 2.24) is 15.1 Å². The Morgan fingerprint density at radius 3 is 2.78 bits per heavy atom. The number of benzene rings is 1. The molecule has 32 heavy (non-hydrogen) atoms. The van der Waals surface area contributed by atoms with Gasteiger partial charge in [-0.1, -0.05) is 12.0 Å². The summed E-state index contributed by atoms with van der Waals surface area (Å²) in [7, 11) is 0. The van der Waals surface area contributed by atoms with E-state index in [1.807, 2.05) is 0 Å². The summed E-state index contributed by atoms with van der Waals surface area (Å²) < 4.78 is 47.0. The van der Waals surface area contributed by atoms with Crippen LogP contribution in [0.1, 0.15) is 37.4 Å². The summed E-state index contributed by atoms with van der Waals surface area (Å²) in [5.41, 5.74) is 1.13. The van der Waals surface area contributed by atoms with Gasteiger partial charge in [0.2, 0.25) is 0 Å². The number of likely N-dealkylation sites (tertiary alicyclic amines) is 1. The van der Waals surface area contributed by atoms with Gasteiger partial charge < -0.3 is 10.1 Å². The number of nitrogens with zero attached hydrogens (tertiary/aromatic N) is 3. The smallest absolute Gasteiger partial charge is 0.174 e. The van der Waals surface area contributed by atoms with Crippen molar-refractivity contribution >= 4 is 17.2 Å². The molecule has 0 amide bonds. The first-order chi connectivity index (χ1) is 15.5. The van der Waals surface area contributed by atoms with Crippen LogP contribution in [0.2, 0.25) is 0 Å². The number of anilines is 1. The summed E-state index contributed by atoms with van der Waals surface area (Å²) in [5.74, 6) is 3.86. The molecule has 1 aromatic heterocycles. The van der Waals surface area contributed by atoms with Gasteiger partial charge in [0, 0.05) is 13.1 Å². The van der Waals surface area contributed by atoms with Gasteiger partial charge in [-0.15, -0.1) is 0 Å². The fourth-order valence-electron chi connectivity index (χ4n) is 4.84. The minimum absolute atomic E-state index is 0.0782. The lowest BCUT2D eigenvalue weighted by molar-refractivity contribution is 0.0654. The lowest BCUT2D eigenvalue weighted by Gasteiger charge is -2.43. The zero-order valence-electron chi connectivity index (χ0n) is 17.7. The molecule has 2 fully saturated rings. The van der Waals surface area contributed by atoms with E-state index in [-0.39, 0.29) is 22.8 Å². The first-order valence-corrected chi connectivity index (χ1v) is 10.8. The number of fused-ring (bicyclic) bond motifs is 1. The van der Waals surface area contributed by atoms with Crippen molar-refractivity contribution < 1.29 is 17.9 Å². The van der Waals surface area contributed by atoms with E-state index in [0.717, 1.165) is 45.0 Å². The van der Waals surface area contributed by atoms with Crippen LogP contribution in [0.15, 0.2) is 23.2 Å². The number of rotatable bonds is 2. The van der Waals surface area contributed by atoms with Crippen molar-refractivity contribution in [1.29, 1.82) is 0 Å². The standard InChI is InChI=1S/C23H24F3N5O/c1-14-11-23(13-32-14)7-9-31(10-8-23)22-18(12-24)27-20-17(29-30-21(20)28-22)6-5-15-3-2-4-16(25)19(15)26/h2-4,14,22H,7-13H2,1H3,(H2,28,29,30)/t14-,22?/m0/s1. The highest BCUT2D eigenvalue weighted by atomic mass is 19.2. The number of aromatic nitrogens is 2. The highest BCUT2D eigenvalue weighted by Crippen LogP contribution is 2.42. The summed E-state index contributed by atoms with van der Waals surface area (Å²) >= 11 is 0. The molecule has 1 unspecified atom stereocenters. The van der Waals surface area contributed by atoms with E-state index in [0.29, 0.717) is 23.3 Å². The third-order valence-electron chi connectivity index (χ3n) is 6.62. The minimum atomic E-state index is -1.01. The third-order valence-corrected chi connectivity index (χ3v) is 6.62. The monoisotopic (exact) mass is 443 g/mol. The Morgan fingerprint density at radius 1 is 1.25 bits per heavy atom. The average Bonchev–Trinajstić information content (AvgIpc) is 3.37. The molecule has 168 valence electrons. The Morgan fingerprint density at radius 2 is 2.06 bits per heavy atom. The highest BCUT2D eigenvalue weighted by molar-refractivity contribution is 5.98. The first kappa shape index (κ1) is 21.0. The van der Waals surface area contributed by atoms with Crippen LogP contribution in [0, 0.1) is 28.9 Å². The van der Waals surface area contributed by atoms with E-state index >= 15 is 0 Å². The van der Waals surface area contributed by atoms with Gasteiger partial charge in [0.25, 0.3) is 0 Å². The Bertz CT molecular complexity index is 1110. The molecule has 3 aliphatic rings. The van der Waals surface area contributed by atoms with E-state index in [1.54, 1.807) is 0 Å². The molecule has 2 saturated heterocycles. The van der Waals surface area contributed by atoms with Gasteiger partial charge in [0.15, 0.2) is 23.1 Å². The number of aliphatic imine (C=N–C) groups is 1. The van der Waals surface area contributed by atoms with Gasteiger partial charge >= 0.3 is 0 Å². The fraction of sp³-hybridized carbons (Fsp3) is 0.478. The molecule has 0 aliphatic carbocycles. The van der Waals surface area contributed by atoms with E-state index in [2.05, 4.69) is 44.2 Å². The summed E-state index contributed by atoms with van der Waals surface area (Å²) in [5, 5.41) is 10.3. The predicted octanol–water partition coefficient (Wildman–Crippen LogP) is 3.77. The molecule has 2 N–H and O–H groups in total. The zero-order valence-corrected chi connectivity index (χ0v) is 17.7. The Kier molecular flexibility index (Phi) is 5.43. The molecule has 6 nitrogen and oxygen atoms in total. The maximum Gasteiger partial charge on any atom is 0.174 e. The average molecular weight is 443 g/mol. The van der Waals surface area contributed by atoms with E-state index in [9.17, 15) is 13.2 Å². The van der Waals surface area contributed by atoms with Crippen LogP contribution in [-0.2, 0) is 4.74 Å². The number of hydrogen-bond acceptors (Lipinski definition) is 5. The number of piperidine rings is 1. The van der Waals surface area contributed by atoms with Crippen molar-refractivity contribution in [3.63, 3.8) is 0 Å². The molecule has 2 atom stereocenters. The van der Waals surface area contributed by atoms with Gasteiger partial charge in [-0.05, 0) is 49.7 Å². The zero-order chi connectivity index (χ0) is 22.3. The van der Waals surface area contributed by atoms with E-state index in [4.69, 9.17) is 4.74 Å². The largest absolute Gasteiger partial charge is 0.378 e. The maximum atomic E-state index is 13.9. The van der Waals surface area contributed by atoms with E-state index < -0.39 is 18.3 Å². The van der Waals surface area contributed by atoms with E-state index in [1.165, 1.54) is 12.1 Å². The lowest BCUT2D eigenvalue weighted by atomic mass is 9.76. The topological polar surface area (TPSA) is 65.5 Å². The lowest BCUT2D eigenvalue weighted by Crippen LogP contribution is -2.53. The van der Waals surface area contributed by atoms with Gasteiger partial charge in [0.05, 0.1) is 24.0 Å². The molecule has 1 aromatic carbocycles. The van der Waals surface area contributed by atoms with Crippen LogP contribution in [-0.4, -0.2) is 59.4 Å². The first-order valence-electron chi connectivity index (χ1n) is 10.8. The number of nitrogens with one attached hydrogen (secondary N) is 2. The van der Waals surface area contributed by atoms with Crippen LogP contribution in [0.3, 0.4) is 0 Å². The second kappa shape index (κ2) is 8.26. The van der Waals surface area contributed by atoms with Crippen molar-refractivity contribution in [3.8, 4) is 11.8 Å². The molecule has 5 rings (SSSR count). The van der Waals surface area contributed by atoms with Crippen molar-refractivity contribution in [2.75, 3.05) is 31.7 Å². The number of alkyl halides is 1. The molecule has 3 aliphatic heterocycles. The molecular formula is C23H24F3N5O. The predicted molar refractivity (Wildman–Crippen MR) is 115 cm³/mol. The van der Waals surface area contributed by atoms with Crippen LogP contribution in [0.4, 0.5) is 24.7 Å². The number of aromatic amines is 1. The van der Waals surface area contributed by atoms with Crippen LogP contribution in [0.5, 0.6) is 0 Å².